The van der Waals surface area contributed by atoms with Gasteiger partial charge in [-0.25, -0.2) is 0 Å². The number of nitriles is 2. The van der Waals surface area contributed by atoms with Crippen LogP contribution in [0.2, 0.25) is 0 Å². The fraction of sp³-hybridized carbons (Fsp3) is 0. The number of aromatic nitrogens is 4. The van der Waals surface area contributed by atoms with E-state index >= 15 is 0 Å². The van der Waals surface area contributed by atoms with Gasteiger partial charge in [-0.05, 0) is 22.6 Å². The zero-order chi connectivity index (χ0) is 12.8. The summed E-state index contributed by atoms with van der Waals surface area (Å²) in [7, 11) is 0. The van der Waals surface area contributed by atoms with Gasteiger partial charge in [0.25, 0.3) is 0 Å². The number of rotatable bonds is 3. The van der Waals surface area contributed by atoms with E-state index in [9.17, 15) is 0 Å². The van der Waals surface area contributed by atoms with Crippen LogP contribution in [-0.2, 0) is 0 Å². The van der Waals surface area contributed by atoms with Crippen molar-refractivity contribution in [3.63, 3.8) is 0 Å². The van der Waals surface area contributed by atoms with Gasteiger partial charge in [-0.1, -0.05) is 12.1 Å². The van der Waals surface area contributed by atoms with Crippen molar-refractivity contribution >= 4 is 5.69 Å². The second-order valence-electron chi connectivity index (χ2n) is 3.20. The summed E-state index contributed by atoms with van der Waals surface area (Å²) in [6.45, 7) is 0. The van der Waals surface area contributed by atoms with Gasteiger partial charge < -0.3 is 5.32 Å². The molecular formula is C11H7N7. The van der Waals surface area contributed by atoms with Gasteiger partial charge in [0.1, 0.15) is 24.0 Å². The Morgan fingerprint density at radius 2 is 2.06 bits per heavy atom. The number of nitrogens with zero attached hydrogens (tertiary/aromatic N) is 6. The molecule has 2 aromatic rings. The van der Waals surface area contributed by atoms with E-state index in [2.05, 4.69) is 20.8 Å². The molecule has 0 spiro atoms. The molecule has 0 radical (unpaired) electrons. The maximum absolute atomic E-state index is 8.64. The summed E-state index contributed by atoms with van der Waals surface area (Å²) in [6.07, 6.45) is 2.79. The van der Waals surface area contributed by atoms with E-state index in [4.69, 9.17) is 10.5 Å². The van der Waals surface area contributed by atoms with E-state index < -0.39 is 0 Å². The van der Waals surface area contributed by atoms with E-state index in [1.807, 2.05) is 18.2 Å². The minimum absolute atomic E-state index is 0.0125. The third kappa shape index (κ3) is 2.31. The highest BCUT2D eigenvalue weighted by Crippen LogP contribution is 2.18. The Labute approximate surface area is 103 Å². The summed E-state index contributed by atoms with van der Waals surface area (Å²) in [5, 5.41) is 31.0. The number of hydrogen-bond donors (Lipinski definition) is 1. The molecule has 0 amide bonds. The van der Waals surface area contributed by atoms with E-state index in [-0.39, 0.29) is 5.57 Å². The van der Waals surface area contributed by atoms with Crippen molar-refractivity contribution in [2.75, 3.05) is 5.32 Å². The van der Waals surface area contributed by atoms with Crippen LogP contribution in [0.5, 0.6) is 0 Å². The number of hydrogen-bond acceptors (Lipinski definition) is 6. The van der Waals surface area contributed by atoms with Crippen LogP contribution in [0.1, 0.15) is 0 Å². The van der Waals surface area contributed by atoms with Crippen LogP contribution < -0.4 is 5.32 Å². The first-order valence-corrected chi connectivity index (χ1v) is 4.94. The monoisotopic (exact) mass is 237 g/mol. The standard InChI is InChI=1S/C11H7N7/c12-5-9(6-13)7-14-10-3-1-2-4-11(10)18-8-15-16-17-18/h1-4,7-8,14H. The van der Waals surface area contributed by atoms with Crippen molar-refractivity contribution in [2.24, 2.45) is 0 Å². The molecule has 1 aromatic heterocycles. The molecule has 1 N–H and O–H groups in total. The fourth-order valence-corrected chi connectivity index (χ4v) is 1.31. The zero-order valence-electron chi connectivity index (χ0n) is 9.15. The maximum Gasteiger partial charge on any atom is 0.145 e. The second-order valence-corrected chi connectivity index (χ2v) is 3.20. The number of allylic oxidation sites excluding steroid dienone is 1. The quantitative estimate of drug-likeness (QED) is 0.799. The van der Waals surface area contributed by atoms with Gasteiger partial charge in [-0.3, -0.25) is 0 Å². The van der Waals surface area contributed by atoms with Crippen LogP contribution in [0.15, 0.2) is 42.4 Å². The predicted octanol–water partition coefficient (Wildman–Crippen LogP) is 1.01. The average molecular weight is 237 g/mol. The maximum atomic E-state index is 8.64. The summed E-state index contributed by atoms with van der Waals surface area (Å²) in [6, 6.07) is 10.8. The summed E-state index contributed by atoms with van der Waals surface area (Å²) >= 11 is 0. The molecule has 0 aliphatic rings. The normalized spacial score (nSPS) is 9.00. The van der Waals surface area contributed by atoms with Gasteiger partial charge in [0.2, 0.25) is 0 Å². The van der Waals surface area contributed by atoms with Crippen molar-refractivity contribution in [1.29, 1.82) is 10.5 Å². The molecule has 1 aromatic carbocycles. The Bertz CT molecular complexity index is 627. The topological polar surface area (TPSA) is 103 Å². The molecule has 0 aliphatic heterocycles. The van der Waals surface area contributed by atoms with Gasteiger partial charge in [-0.2, -0.15) is 15.2 Å². The molecule has 0 bridgehead atoms. The van der Waals surface area contributed by atoms with Crippen LogP contribution in [-0.4, -0.2) is 20.2 Å². The van der Waals surface area contributed by atoms with Gasteiger partial charge in [0.15, 0.2) is 0 Å². The van der Waals surface area contributed by atoms with Crippen molar-refractivity contribution in [2.45, 2.75) is 0 Å². The molecule has 0 unspecified atom stereocenters. The Morgan fingerprint density at radius 1 is 1.28 bits per heavy atom. The van der Waals surface area contributed by atoms with Crippen molar-refractivity contribution in [3.05, 3.63) is 42.4 Å². The van der Waals surface area contributed by atoms with Crippen molar-refractivity contribution in [3.8, 4) is 17.8 Å². The van der Waals surface area contributed by atoms with Crippen LogP contribution in [0.3, 0.4) is 0 Å². The Hall–Kier alpha value is -3.19. The first-order valence-electron chi connectivity index (χ1n) is 4.94. The molecule has 18 heavy (non-hydrogen) atoms. The third-order valence-corrected chi connectivity index (χ3v) is 2.11. The number of nitrogens with one attached hydrogen (secondary N) is 1. The molecule has 0 aliphatic carbocycles. The third-order valence-electron chi connectivity index (χ3n) is 2.11. The summed E-state index contributed by atoms with van der Waals surface area (Å²) in [4.78, 5) is 0. The average Bonchev–Trinajstić information content (AvgIpc) is 2.94. The Kier molecular flexibility index (Phi) is 3.29. The van der Waals surface area contributed by atoms with Gasteiger partial charge in [0, 0.05) is 6.20 Å². The molecule has 2 rings (SSSR count). The molecule has 86 valence electrons. The van der Waals surface area contributed by atoms with E-state index in [1.54, 1.807) is 18.2 Å². The van der Waals surface area contributed by atoms with E-state index in [1.165, 1.54) is 17.2 Å². The molecule has 1 heterocycles. The minimum Gasteiger partial charge on any atom is -0.358 e. The largest absolute Gasteiger partial charge is 0.358 e. The van der Waals surface area contributed by atoms with Crippen molar-refractivity contribution in [1.82, 2.24) is 20.2 Å². The summed E-state index contributed by atoms with van der Waals surface area (Å²) in [5.74, 6) is 0. The van der Waals surface area contributed by atoms with Crippen LogP contribution >= 0.6 is 0 Å². The summed E-state index contributed by atoms with van der Waals surface area (Å²) < 4.78 is 1.48. The first-order chi connectivity index (χ1) is 8.85. The highest BCUT2D eigenvalue weighted by atomic mass is 15.5. The van der Waals surface area contributed by atoms with Gasteiger partial charge in [-0.15, -0.1) is 5.10 Å². The number of benzene rings is 1. The van der Waals surface area contributed by atoms with Crippen LogP contribution in [0.25, 0.3) is 5.69 Å². The Morgan fingerprint density at radius 3 is 2.72 bits per heavy atom. The second kappa shape index (κ2) is 5.23. The lowest BCUT2D eigenvalue weighted by Gasteiger charge is -2.07. The highest BCUT2D eigenvalue weighted by Gasteiger charge is 2.04. The number of anilines is 1. The SMILES string of the molecule is N#CC(C#N)=CNc1ccccc1-n1cnnn1. The molecular weight excluding hydrogens is 230 g/mol. The fourth-order valence-electron chi connectivity index (χ4n) is 1.31. The van der Waals surface area contributed by atoms with Gasteiger partial charge >= 0.3 is 0 Å². The summed E-state index contributed by atoms with van der Waals surface area (Å²) in [5.41, 5.74) is 1.39. The van der Waals surface area contributed by atoms with E-state index in [0.717, 1.165) is 0 Å². The number of tetrazole rings is 1. The lowest BCUT2D eigenvalue weighted by Crippen LogP contribution is -2.00. The first kappa shape index (κ1) is 11.3. The molecule has 0 atom stereocenters. The van der Waals surface area contributed by atoms with Crippen LogP contribution in [0.4, 0.5) is 5.69 Å². The van der Waals surface area contributed by atoms with Gasteiger partial charge in [0.05, 0.1) is 11.4 Å². The van der Waals surface area contributed by atoms with Crippen LogP contribution in [0, 0.1) is 22.7 Å². The lowest BCUT2D eigenvalue weighted by atomic mass is 10.2. The predicted molar refractivity (Wildman–Crippen MR) is 62.1 cm³/mol. The highest BCUT2D eigenvalue weighted by molar-refractivity contribution is 5.62. The number of para-hydroxylation sites is 2. The molecule has 0 saturated carbocycles. The zero-order valence-corrected chi connectivity index (χ0v) is 9.15. The smallest absolute Gasteiger partial charge is 0.145 e. The van der Waals surface area contributed by atoms with E-state index in [0.29, 0.717) is 11.4 Å². The molecule has 7 nitrogen and oxygen atoms in total. The Balaban J connectivity index is 2.33. The molecule has 0 fully saturated rings. The minimum atomic E-state index is -0.0125. The molecule has 0 saturated heterocycles. The molecule has 7 heteroatoms. The van der Waals surface area contributed by atoms with Crippen molar-refractivity contribution < 1.29 is 0 Å². The lowest BCUT2D eigenvalue weighted by molar-refractivity contribution is 0.790.